The number of carboxylic acid groups (broad SMARTS) is 1. The first-order chi connectivity index (χ1) is 8.76. The number of rotatable bonds is 5. The minimum Gasteiger partial charge on any atom is -0.550 e. The first-order valence-electron chi connectivity index (χ1n) is 6.22. The number of carbonyl (C=O) groups excluding carboxylic acids is 2. The van der Waals surface area contributed by atoms with Gasteiger partial charge in [0, 0.05) is 38.3 Å². The van der Waals surface area contributed by atoms with Gasteiger partial charge >= 0.3 is 51.4 Å². The van der Waals surface area contributed by atoms with Crippen LogP contribution in [0.3, 0.4) is 0 Å². The minimum atomic E-state index is -2.68. The number of aliphatic carboxylic acids is 1. The average molecular weight is 317 g/mol. The Morgan fingerprint density at radius 3 is 2.30 bits per heavy atom. The van der Waals surface area contributed by atoms with E-state index in [0.29, 0.717) is 0 Å². The van der Waals surface area contributed by atoms with Crippen LogP contribution in [0.5, 0.6) is 0 Å². The Morgan fingerprint density at radius 1 is 1.40 bits per heavy atom. The van der Waals surface area contributed by atoms with Gasteiger partial charge in [0.1, 0.15) is 0 Å². The van der Waals surface area contributed by atoms with Gasteiger partial charge in [0.25, 0.3) is 0 Å². The fraction of sp³-hybridized carbons (Fsp3) is 0.833. The zero-order chi connectivity index (χ0) is 14.6. The van der Waals surface area contributed by atoms with Crippen molar-refractivity contribution >= 4 is 11.9 Å². The summed E-state index contributed by atoms with van der Waals surface area (Å²) in [7, 11) is 1.45. The van der Waals surface area contributed by atoms with Gasteiger partial charge < -0.3 is 19.9 Å². The number of hydrogen-bond donors (Lipinski definition) is 1. The van der Waals surface area contributed by atoms with E-state index in [1.54, 1.807) is 0 Å². The Hall–Kier alpha value is 0.396. The summed E-state index contributed by atoms with van der Waals surface area (Å²) in [5.41, 5.74) is 0. The van der Waals surface area contributed by atoms with E-state index in [1.165, 1.54) is 11.9 Å². The Balaban J connectivity index is 0.00000361. The van der Waals surface area contributed by atoms with E-state index in [2.05, 4.69) is 0 Å². The molecule has 0 radical (unpaired) electrons. The number of aliphatic hydroxyl groups is 1. The van der Waals surface area contributed by atoms with E-state index in [1.807, 2.05) is 0 Å². The maximum atomic E-state index is 13.0. The van der Waals surface area contributed by atoms with Gasteiger partial charge in [-0.05, 0) is 12.8 Å². The van der Waals surface area contributed by atoms with E-state index < -0.39 is 36.7 Å². The van der Waals surface area contributed by atoms with E-state index in [-0.39, 0.29) is 83.1 Å². The van der Waals surface area contributed by atoms with Crippen molar-refractivity contribution in [2.75, 3.05) is 13.7 Å². The van der Waals surface area contributed by atoms with E-state index in [9.17, 15) is 23.5 Å². The van der Waals surface area contributed by atoms with Gasteiger partial charge in [-0.25, -0.2) is 8.78 Å². The Kier molecular flexibility index (Phi) is 8.92. The maximum absolute atomic E-state index is 13.0. The molecule has 1 rings (SSSR count). The number of hydrogen-bond acceptors (Lipinski definition) is 4. The van der Waals surface area contributed by atoms with Crippen LogP contribution in [0.15, 0.2) is 0 Å². The molecule has 1 saturated carbocycles. The second-order valence-electron chi connectivity index (χ2n) is 4.99. The van der Waals surface area contributed by atoms with Crippen LogP contribution in [0.25, 0.3) is 0 Å². The quantitative estimate of drug-likeness (QED) is 0.541. The molecule has 110 valence electrons. The topological polar surface area (TPSA) is 80.7 Å². The van der Waals surface area contributed by atoms with Crippen LogP contribution in [0, 0.1) is 5.92 Å². The number of alkyl halides is 2. The van der Waals surface area contributed by atoms with Crippen molar-refractivity contribution in [1.29, 1.82) is 0 Å². The molecule has 1 aliphatic rings. The zero-order valence-corrected chi connectivity index (χ0v) is 14.9. The number of aliphatic hydroxyl groups excluding tert-OH is 1. The van der Waals surface area contributed by atoms with Gasteiger partial charge in [-0.15, -0.1) is 0 Å². The van der Waals surface area contributed by atoms with Crippen molar-refractivity contribution in [2.45, 2.75) is 44.1 Å². The molecule has 1 aliphatic carbocycles. The van der Waals surface area contributed by atoms with Crippen LogP contribution >= 0.6 is 0 Å². The Morgan fingerprint density at radius 2 is 1.90 bits per heavy atom. The van der Waals surface area contributed by atoms with Gasteiger partial charge in [-0.1, -0.05) is 0 Å². The third kappa shape index (κ3) is 6.03. The summed E-state index contributed by atoms with van der Waals surface area (Å²) >= 11 is 0. The summed E-state index contributed by atoms with van der Waals surface area (Å²) in [6.45, 7) is -0.597. The molecule has 1 atom stereocenters. The predicted octanol–water partition coefficient (Wildman–Crippen LogP) is -3.22. The van der Waals surface area contributed by atoms with Crippen molar-refractivity contribution in [3.05, 3.63) is 0 Å². The van der Waals surface area contributed by atoms with Crippen LogP contribution in [0.1, 0.15) is 32.1 Å². The van der Waals surface area contributed by atoms with Crippen LogP contribution < -0.4 is 56.5 Å². The molecule has 0 saturated heterocycles. The van der Waals surface area contributed by atoms with E-state index in [0.717, 1.165) is 0 Å². The zero-order valence-electron chi connectivity index (χ0n) is 11.8. The first-order valence-corrected chi connectivity index (χ1v) is 6.22. The predicted molar refractivity (Wildman–Crippen MR) is 60.2 cm³/mol. The molecule has 1 N–H and O–H groups in total. The summed E-state index contributed by atoms with van der Waals surface area (Å²) in [5.74, 6) is -5.71. The third-order valence-electron chi connectivity index (χ3n) is 3.56. The maximum Gasteiger partial charge on any atom is 1.00 e. The third-order valence-corrected chi connectivity index (χ3v) is 3.56. The van der Waals surface area contributed by atoms with Crippen LogP contribution in [-0.2, 0) is 9.59 Å². The Labute approximate surface area is 159 Å². The molecule has 8 heteroatoms. The molecule has 5 nitrogen and oxygen atoms in total. The van der Waals surface area contributed by atoms with Crippen LogP contribution in [-0.4, -0.2) is 47.5 Å². The van der Waals surface area contributed by atoms with Crippen molar-refractivity contribution < 1.29 is 80.0 Å². The molecular weight excluding hydrogens is 299 g/mol. The second kappa shape index (κ2) is 8.75. The normalized spacial score (nSPS) is 19.8. The average Bonchev–Trinajstić information content (AvgIpc) is 2.34. The van der Waals surface area contributed by atoms with Gasteiger partial charge in [0.15, 0.2) is 0 Å². The van der Waals surface area contributed by atoms with Gasteiger partial charge in [-0.2, -0.15) is 0 Å². The number of halogens is 2. The van der Waals surface area contributed by atoms with Gasteiger partial charge in [0.2, 0.25) is 11.8 Å². The van der Waals surface area contributed by atoms with E-state index in [4.69, 9.17) is 5.11 Å². The van der Waals surface area contributed by atoms with Crippen LogP contribution in [0.2, 0.25) is 0 Å². The SMILES string of the molecule is CN(C(=O)C(CO)CC(=O)[O-])C1CCC(F)(F)CC1.[K+]. The first kappa shape index (κ1) is 20.4. The van der Waals surface area contributed by atoms with E-state index >= 15 is 0 Å². The Bertz CT molecular complexity index is 344. The monoisotopic (exact) mass is 317 g/mol. The fourth-order valence-electron chi connectivity index (χ4n) is 2.31. The fourth-order valence-corrected chi connectivity index (χ4v) is 2.31. The smallest absolute Gasteiger partial charge is 0.550 e. The van der Waals surface area contributed by atoms with Gasteiger partial charge in [0.05, 0.1) is 12.5 Å². The summed E-state index contributed by atoms with van der Waals surface area (Å²) < 4.78 is 26.0. The summed E-state index contributed by atoms with van der Waals surface area (Å²) in [5, 5.41) is 19.5. The summed E-state index contributed by atoms with van der Waals surface area (Å²) in [6.07, 6.45) is -0.765. The molecular formula is C12H18F2KNO4. The molecule has 20 heavy (non-hydrogen) atoms. The largest absolute Gasteiger partial charge is 1.00 e. The molecule has 1 amide bonds. The van der Waals surface area contributed by atoms with Crippen molar-refractivity contribution in [3.8, 4) is 0 Å². The molecule has 1 fully saturated rings. The molecule has 1 unspecified atom stereocenters. The number of carbonyl (C=O) groups is 2. The van der Waals surface area contributed by atoms with Gasteiger partial charge in [-0.3, -0.25) is 4.79 Å². The standard InChI is InChI=1S/C12H19F2NO4.K/c1-15(9-2-4-12(13,14)5-3-9)11(19)8(7-16)6-10(17)18;/h8-9,16H,2-7H2,1H3,(H,17,18);/q;+1/p-1. The summed E-state index contributed by atoms with van der Waals surface area (Å²) in [6, 6.07) is -0.331. The van der Waals surface area contributed by atoms with Crippen molar-refractivity contribution in [2.24, 2.45) is 5.92 Å². The molecule has 0 aromatic rings. The minimum absolute atomic E-state index is 0. The molecule has 0 spiro atoms. The molecule has 0 aromatic carbocycles. The molecule has 0 aromatic heterocycles. The van der Waals surface area contributed by atoms with Crippen LogP contribution in [0.4, 0.5) is 8.78 Å². The summed E-state index contributed by atoms with van der Waals surface area (Å²) in [4.78, 5) is 23.7. The number of amides is 1. The van der Waals surface area contributed by atoms with Crippen molar-refractivity contribution in [1.82, 2.24) is 4.90 Å². The molecule has 0 aliphatic heterocycles. The van der Waals surface area contributed by atoms with Crippen molar-refractivity contribution in [3.63, 3.8) is 0 Å². The number of carboxylic acids is 1. The second-order valence-corrected chi connectivity index (χ2v) is 4.99. The number of nitrogens with zero attached hydrogens (tertiary/aromatic N) is 1. The molecule has 0 heterocycles. The molecule has 0 bridgehead atoms.